The van der Waals surface area contributed by atoms with E-state index >= 15 is 0 Å². The molecule has 0 saturated carbocycles. The van der Waals surface area contributed by atoms with Crippen molar-refractivity contribution in [3.05, 3.63) is 82.9 Å². The normalized spacial score (nSPS) is 19.7. The second-order valence-corrected chi connectivity index (χ2v) is 15.1. The predicted octanol–water partition coefficient (Wildman–Crippen LogP) is 6.77. The van der Waals surface area contributed by atoms with Crippen LogP contribution in [-0.4, -0.2) is 21.0 Å². The van der Waals surface area contributed by atoms with E-state index in [-0.39, 0.29) is 11.1 Å². The van der Waals surface area contributed by atoms with Gasteiger partial charge in [-0.05, 0) is 64.5 Å². The Morgan fingerprint density at radius 1 is 0.967 bits per heavy atom. The van der Waals surface area contributed by atoms with Crippen molar-refractivity contribution in [2.75, 3.05) is 6.61 Å². The van der Waals surface area contributed by atoms with Gasteiger partial charge in [0, 0.05) is 12.6 Å². The highest BCUT2D eigenvalue weighted by Crippen LogP contribution is 2.39. The van der Waals surface area contributed by atoms with Crippen molar-refractivity contribution in [3.8, 4) is 0 Å². The Balaban J connectivity index is 1.71. The fourth-order valence-corrected chi connectivity index (χ4v) is 5.36. The van der Waals surface area contributed by atoms with Crippen LogP contribution in [0.3, 0.4) is 0 Å². The van der Waals surface area contributed by atoms with Crippen LogP contribution in [-0.2, 0) is 10.8 Å². The van der Waals surface area contributed by atoms with Crippen LogP contribution in [0.25, 0.3) is 10.8 Å². The van der Waals surface area contributed by atoms with E-state index in [0.717, 1.165) is 13.0 Å². The number of aryl methyl sites for hydroxylation is 1. The molecular weight excluding hydrogens is 382 g/mol. The maximum absolute atomic E-state index is 6.63. The first-order chi connectivity index (χ1) is 14.2. The first-order valence-electron chi connectivity index (χ1n) is 11.1. The van der Waals surface area contributed by atoms with Crippen molar-refractivity contribution < 1.29 is 4.43 Å². The second kappa shape index (κ2) is 7.95. The molecule has 2 atom stereocenters. The van der Waals surface area contributed by atoms with Crippen LogP contribution in [0.2, 0.25) is 18.1 Å². The third-order valence-corrected chi connectivity index (χ3v) is 11.7. The molecule has 0 unspecified atom stereocenters. The lowest BCUT2D eigenvalue weighted by Crippen LogP contribution is -2.48. The summed E-state index contributed by atoms with van der Waals surface area (Å²) >= 11 is 0. The zero-order valence-electron chi connectivity index (χ0n) is 19.3. The van der Waals surface area contributed by atoms with Crippen LogP contribution in [0.5, 0.6) is 0 Å². The van der Waals surface area contributed by atoms with E-state index in [1.165, 1.54) is 33.0 Å². The minimum atomic E-state index is -1.78. The van der Waals surface area contributed by atoms with Crippen molar-refractivity contribution >= 4 is 19.1 Å². The molecule has 0 fully saturated rings. The zero-order valence-corrected chi connectivity index (χ0v) is 20.3. The first kappa shape index (κ1) is 21.3. The van der Waals surface area contributed by atoms with Crippen molar-refractivity contribution in [1.29, 1.82) is 0 Å². The molecule has 0 bridgehead atoms. The number of hydrogen-bond donors (Lipinski definition) is 1. The van der Waals surface area contributed by atoms with Gasteiger partial charge in [-0.1, -0.05) is 81.4 Å². The van der Waals surface area contributed by atoms with Gasteiger partial charge in [0.25, 0.3) is 0 Å². The summed E-state index contributed by atoms with van der Waals surface area (Å²) in [7, 11) is -1.78. The van der Waals surface area contributed by atoms with E-state index in [2.05, 4.69) is 107 Å². The number of benzene rings is 3. The third-order valence-electron chi connectivity index (χ3n) is 7.16. The first-order valence-corrected chi connectivity index (χ1v) is 14.0. The van der Waals surface area contributed by atoms with Crippen LogP contribution in [0.1, 0.15) is 49.1 Å². The van der Waals surface area contributed by atoms with Crippen LogP contribution in [0, 0.1) is 6.92 Å². The van der Waals surface area contributed by atoms with Gasteiger partial charge in [0.2, 0.25) is 0 Å². The van der Waals surface area contributed by atoms with Gasteiger partial charge < -0.3 is 9.74 Å². The van der Waals surface area contributed by atoms with Gasteiger partial charge >= 0.3 is 0 Å². The topological polar surface area (TPSA) is 21.3 Å². The molecule has 1 aliphatic heterocycles. The molecule has 158 valence electrons. The monoisotopic (exact) mass is 417 g/mol. The van der Waals surface area contributed by atoms with E-state index in [0.29, 0.717) is 6.04 Å². The molecule has 1 N–H and O–H groups in total. The molecule has 0 aliphatic carbocycles. The van der Waals surface area contributed by atoms with Gasteiger partial charge in [0.15, 0.2) is 8.32 Å². The molecule has 1 heterocycles. The molecule has 30 heavy (non-hydrogen) atoms. The standard InChI is InChI=1S/C27H35NOSi/c1-19-15-16-20-11-7-9-13-23(20)25(19)26-24-14-10-8-12-21(24)17-22(28-26)18-29-30(5,6)27(2,3)4/h7-16,22,26,28H,17-18H2,1-6H3/t22-,26-/m0/s1. The zero-order chi connectivity index (χ0) is 21.5. The molecule has 4 rings (SSSR count). The molecule has 0 radical (unpaired) electrons. The summed E-state index contributed by atoms with van der Waals surface area (Å²) in [6.45, 7) is 14.6. The molecule has 3 heteroatoms. The predicted molar refractivity (Wildman–Crippen MR) is 131 cm³/mol. The molecule has 3 aromatic carbocycles. The van der Waals surface area contributed by atoms with Gasteiger partial charge in [-0.25, -0.2) is 0 Å². The average Bonchev–Trinajstić information content (AvgIpc) is 2.71. The van der Waals surface area contributed by atoms with E-state index < -0.39 is 8.32 Å². The van der Waals surface area contributed by atoms with E-state index in [1.807, 2.05) is 0 Å². The highest BCUT2D eigenvalue weighted by Gasteiger charge is 2.38. The van der Waals surface area contributed by atoms with Gasteiger partial charge in [0.1, 0.15) is 0 Å². The van der Waals surface area contributed by atoms with E-state index in [4.69, 9.17) is 4.43 Å². The van der Waals surface area contributed by atoms with E-state index in [9.17, 15) is 0 Å². The number of hydrogen-bond acceptors (Lipinski definition) is 2. The van der Waals surface area contributed by atoms with Crippen molar-refractivity contribution in [1.82, 2.24) is 5.32 Å². The van der Waals surface area contributed by atoms with Gasteiger partial charge in [-0.15, -0.1) is 0 Å². The highest BCUT2D eigenvalue weighted by molar-refractivity contribution is 6.74. The lowest BCUT2D eigenvalue weighted by molar-refractivity contribution is 0.229. The molecule has 3 aromatic rings. The van der Waals surface area contributed by atoms with Gasteiger partial charge in [-0.3, -0.25) is 0 Å². The summed E-state index contributed by atoms with van der Waals surface area (Å²) in [6, 6.07) is 22.7. The maximum Gasteiger partial charge on any atom is 0.192 e. The summed E-state index contributed by atoms with van der Waals surface area (Å²) in [5, 5.41) is 6.85. The average molecular weight is 418 g/mol. The van der Waals surface area contributed by atoms with Crippen LogP contribution in [0.15, 0.2) is 60.7 Å². The fourth-order valence-electron chi connectivity index (χ4n) is 4.31. The van der Waals surface area contributed by atoms with Gasteiger partial charge in [-0.2, -0.15) is 0 Å². The highest BCUT2D eigenvalue weighted by atomic mass is 28.4. The molecule has 2 nitrogen and oxygen atoms in total. The van der Waals surface area contributed by atoms with Crippen molar-refractivity contribution in [2.45, 2.75) is 64.3 Å². The fraction of sp³-hybridized carbons (Fsp3) is 0.407. The van der Waals surface area contributed by atoms with Crippen LogP contribution >= 0.6 is 0 Å². The molecule has 0 amide bonds. The number of fused-ring (bicyclic) bond motifs is 2. The second-order valence-electron chi connectivity index (χ2n) is 10.3. The maximum atomic E-state index is 6.63. The molecular formula is C27H35NOSi. The summed E-state index contributed by atoms with van der Waals surface area (Å²) in [6.07, 6.45) is 1.02. The molecule has 0 aromatic heterocycles. The lowest BCUT2D eigenvalue weighted by atomic mass is 9.83. The molecule has 1 aliphatic rings. The van der Waals surface area contributed by atoms with Crippen LogP contribution < -0.4 is 5.32 Å². The summed E-state index contributed by atoms with van der Waals surface area (Å²) < 4.78 is 6.63. The number of nitrogens with one attached hydrogen (secondary N) is 1. The largest absolute Gasteiger partial charge is 0.415 e. The van der Waals surface area contributed by atoms with Crippen molar-refractivity contribution in [3.63, 3.8) is 0 Å². The smallest absolute Gasteiger partial charge is 0.192 e. The summed E-state index contributed by atoms with van der Waals surface area (Å²) in [5.74, 6) is 0. The molecule has 0 saturated heterocycles. The SMILES string of the molecule is Cc1ccc2ccccc2c1[C@H]1N[C@H](CO[Si](C)(C)C(C)(C)C)Cc2ccccc21. The Labute approximate surface area is 182 Å². The summed E-state index contributed by atoms with van der Waals surface area (Å²) in [5.41, 5.74) is 5.59. The lowest BCUT2D eigenvalue weighted by Gasteiger charge is -2.40. The Kier molecular flexibility index (Phi) is 5.65. The molecule has 0 spiro atoms. The minimum Gasteiger partial charge on any atom is -0.415 e. The summed E-state index contributed by atoms with van der Waals surface area (Å²) in [4.78, 5) is 0. The van der Waals surface area contributed by atoms with Gasteiger partial charge in [0.05, 0.1) is 6.04 Å². The Morgan fingerprint density at radius 2 is 1.67 bits per heavy atom. The van der Waals surface area contributed by atoms with E-state index in [1.54, 1.807) is 0 Å². The van der Waals surface area contributed by atoms with Crippen molar-refractivity contribution in [2.24, 2.45) is 0 Å². The van der Waals surface area contributed by atoms with Crippen LogP contribution in [0.4, 0.5) is 0 Å². The Hall–Kier alpha value is -1.94. The number of rotatable bonds is 4. The Bertz CT molecular complexity index is 1050. The minimum absolute atomic E-state index is 0.189. The Morgan fingerprint density at radius 3 is 2.43 bits per heavy atom. The quantitative estimate of drug-likeness (QED) is 0.473. The third kappa shape index (κ3) is 3.99.